The lowest BCUT2D eigenvalue weighted by atomic mass is 10.1. The highest BCUT2D eigenvalue weighted by atomic mass is 32.2. The van der Waals surface area contributed by atoms with Gasteiger partial charge in [-0.1, -0.05) is 43.8 Å². The summed E-state index contributed by atoms with van der Waals surface area (Å²) >= 11 is 1.27. The molecule has 9 heteroatoms. The Morgan fingerprint density at radius 3 is 2.59 bits per heavy atom. The van der Waals surface area contributed by atoms with E-state index in [-0.39, 0.29) is 17.6 Å². The first kappa shape index (κ1) is 20.8. The number of para-hydroxylation sites is 1. The standard InChI is InChI=1S/C18H25N5O3S/c1-13(2)9-10-23-16(11-26-15-7-5-4-6-8-15)20-22-18(23)27-12-17(25)21-19-14(3)24/h4-8,13H,9-12H2,1-3H3,(H,19,24)(H,21,25). The van der Waals surface area contributed by atoms with Crippen LogP contribution in [0.4, 0.5) is 0 Å². The zero-order valence-electron chi connectivity index (χ0n) is 15.8. The molecule has 0 atom stereocenters. The molecule has 0 aliphatic rings. The van der Waals surface area contributed by atoms with Crippen molar-refractivity contribution in [2.45, 2.75) is 45.5 Å². The molecular weight excluding hydrogens is 366 g/mol. The highest BCUT2D eigenvalue weighted by molar-refractivity contribution is 7.99. The highest BCUT2D eigenvalue weighted by Crippen LogP contribution is 2.20. The number of ether oxygens (including phenoxy) is 1. The van der Waals surface area contributed by atoms with E-state index in [0.717, 1.165) is 18.7 Å². The van der Waals surface area contributed by atoms with Crippen molar-refractivity contribution < 1.29 is 14.3 Å². The van der Waals surface area contributed by atoms with E-state index in [1.165, 1.54) is 18.7 Å². The number of rotatable bonds is 9. The maximum Gasteiger partial charge on any atom is 0.248 e. The summed E-state index contributed by atoms with van der Waals surface area (Å²) in [6.07, 6.45) is 0.960. The maximum absolute atomic E-state index is 11.8. The van der Waals surface area contributed by atoms with E-state index < -0.39 is 0 Å². The number of benzene rings is 1. The van der Waals surface area contributed by atoms with Crippen LogP contribution in [0.1, 0.15) is 33.0 Å². The summed E-state index contributed by atoms with van der Waals surface area (Å²) in [6.45, 7) is 6.67. The molecule has 2 aromatic rings. The lowest BCUT2D eigenvalue weighted by Crippen LogP contribution is -2.41. The van der Waals surface area contributed by atoms with Crippen LogP contribution in [-0.4, -0.2) is 32.3 Å². The Hall–Kier alpha value is -2.55. The molecule has 0 aliphatic carbocycles. The molecular formula is C18H25N5O3S. The van der Waals surface area contributed by atoms with Crippen LogP contribution in [0, 0.1) is 5.92 Å². The molecule has 0 saturated carbocycles. The van der Waals surface area contributed by atoms with Gasteiger partial charge in [0.05, 0.1) is 5.75 Å². The summed E-state index contributed by atoms with van der Waals surface area (Å²) < 4.78 is 7.77. The Morgan fingerprint density at radius 1 is 1.19 bits per heavy atom. The van der Waals surface area contributed by atoms with Crippen LogP contribution in [0.25, 0.3) is 0 Å². The fourth-order valence-corrected chi connectivity index (χ4v) is 2.92. The van der Waals surface area contributed by atoms with Gasteiger partial charge in [-0.25, -0.2) is 0 Å². The second-order valence-electron chi connectivity index (χ2n) is 6.35. The molecule has 1 heterocycles. The van der Waals surface area contributed by atoms with Crippen molar-refractivity contribution in [2.24, 2.45) is 5.92 Å². The van der Waals surface area contributed by atoms with Gasteiger partial charge in [0.2, 0.25) is 11.8 Å². The number of nitrogens with zero attached hydrogens (tertiary/aromatic N) is 3. The predicted octanol–water partition coefficient (Wildman–Crippen LogP) is 2.16. The summed E-state index contributed by atoms with van der Waals surface area (Å²) in [4.78, 5) is 22.6. The van der Waals surface area contributed by atoms with E-state index in [1.807, 2.05) is 34.9 Å². The van der Waals surface area contributed by atoms with Gasteiger partial charge in [-0.2, -0.15) is 0 Å². The maximum atomic E-state index is 11.8. The highest BCUT2D eigenvalue weighted by Gasteiger charge is 2.15. The molecule has 0 radical (unpaired) electrons. The van der Waals surface area contributed by atoms with Crippen LogP contribution in [0.15, 0.2) is 35.5 Å². The first-order valence-electron chi connectivity index (χ1n) is 8.74. The number of carbonyl (C=O) groups is 2. The largest absolute Gasteiger partial charge is 0.486 e. The van der Waals surface area contributed by atoms with Gasteiger partial charge in [0.25, 0.3) is 0 Å². The SMILES string of the molecule is CC(=O)NNC(=O)CSc1nnc(COc2ccccc2)n1CCC(C)C. The van der Waals surface area contributed by atoms with Crippen molar-refractivity contribution in [3.8, 4) is 5.75 Å². The Morgan fingerprint density at radius 2 is 1.93 bits per heavy atom. The molecule has 0 bridgehead atoms. The van der Waals surface area contributed by atoms with Crippen LogP contribution in [0.3, 0.4) is 0 Å². The summed E-state index contributed by atoms with van der Waals surface area (Å²) in [7, 11) is 0. The monoisotopic (exact) mass is 391 g/mol. The molecule has 2 N–H and O–H groups in total. The summed E-state index contributed by atoms with van der Waals surface area (Å²) in [5.41, 5.74) is 4.60. The van der Waals surface area contributed by atoms with Gasteiger partial charge in [-0.3, -0.25) is 20.4 Å². The quantitative estimate of drug-likeness (QED) is 0.502. The van der Waals surface area contributed by atoms with E-state index in [1.54, 1.807) is 0 Å². The lowest BCUT2D eigenvalue weighted by Gasteiger charge is -2.12. The van der Waals surface area contributed by atoms with E-state index in [2.05, 4.69) is 34.9 Å². The minimum Gasteiger partial charge on any atom is -0.486 e. The molecule has 8 nitrogen and oxygen atoms in total. The Balaban J connectivity index is 2.01. The van der Waals surface area contributed by atoms with Crippen molar-refractivity contribution in [2.75, 3.05) is 5.75 Å². The summed E-state index contributed by atoms with van der Waals surface area (Å²) in [5.74, 6) is 1.49. The number of carbonyl (C=O) groups excluding carboxylic acids is 2. The minimum absolute atomic E-state index is 0.125. The van der Waals surface area contributed by atoms with Gasteiger partial charge < -0.3 is 9.30 Å². The van der Waals surface area contributed by atoms with Crippen molar-refractivity contribution in [3.05, 3.63) is 36.2 Å². The topological polar surface area (TPSA) is 98.1 Å². The molecule has 2 amide bonds. The molecule has 2 rings (SSSR count). The van der Waals surface area contributed by atoms with E-state index in [4.69, 9.17) is 4.74 Å². The third-order valence-electron chi connectivity index (χ3n) is 3.54. The number of amides is 2. The number of nitrogens with one attached hydrogen (secondary N) is 2. The smallest absolute Gasteiger partial charge is 0.248 e. The van der Waals surface area contributed by atoms with Gasteiger partial charge in [0.15, 0.2) is 11.0 Å². The molecule has 1 aromatic heterocycles. The zero-order valence-corrected chi connectivity index (χ0v) is 16.6. The second kappa shape index (κ2) is 10.6. The van der Waals surface area contributed by atoms with Crippen molar-refractivity contribution in [1.29, 1.82) is 0 Å². The fourth-order valence-electron chi connectivity index (χ4n) is 2.13. The normalized spacial score (nSPS) is 10.7. The molecule has 0 unspecified atom stereocenters. The van der Waals surface area contributed by atoms with Gasteiger partial charge in [0.1, 0.15) is 12.4 Å². The number of aromatic nitrogens is 3. The predicted molar refractivity (Wildman–Crippen MR) is 103 cm³/mol. The van der Waals surface area contributed by atoms with Gasteiger partial charge in [0, 0.05) is 13.5 Å². The number of thioether (sulfide) groups is 1. The molecule has 0 fully saturated rings. The third-order valence-corrected chi connectivity index (χ3v) is 4.51. The molecule has 0 aliphatic heterocycles. The van der Waals surface area contributed by atoms with Gasteiger partial charge in [-0.15, -0.1) is 10.2 Å². The van der Waals surface area contributed by atoms with Crippen LogP contribution >= 0.6 is 11.8 Å². The van der Waals surface area contributed by atoms with Crippen LogP contribution in [0.5, 0.6) is 5.75 Å². The lowest BCUT2D eigenvalue weighted by molar-refractivity contribution is -0.126. The second-order valence-corrected chi connectivity index (χ2v) is 7.30. The molecule has 27 heavy (non-hydrogen) atoms. The van der Waals surface area contributed by atoms with Crippen molar-refractivity contribution in [3.63, 3.8) is 0 Å². The molecule has 146 valence electrons. The molecule has 0 saturated heterocycles. The number of hydrazine groups is 1. The number of hydrogen-bond acceptors (Lipinski definition) is 6. The van der Waals surface area contributed by atoms with Gasteiger partial charge >= 0.3 is 0 Å². The average molecular weight is 391 g/mol. The Labute approximate surface area is 163 Å². The van der Waals surface area contributed by atoms with Crippen molar-refractivity contribution >= 4 is 23.6 Å². The van der Waals surface area contributed by atoms with E-state index >= 15 is 0 Å². The third kappa shape index (κ3) is 7.30. The van der Waals surface area contributed by atoms with E-state index in [9.17, 15) is 9.59 Å². The molecule has 0 spiro atoms. The van der Waals surface area contributed by atoms with Crippen molar-refractivity contribution in [1.82, 2.24) is 25.6 Å². The Bertz CT molecular complexity index is 749. The summed E-state index contributed by atoms with van der Waals surface area (Å²) in [6, 6.07) is 9.52. The van der Waals surface area contributed by atoms with Crippen LogP contribution in [0.2, 0.25) is 0 Å². The Kier molecular flexibility index (Phi) is 8.12. The first-order chi connectivity index (χ1) is 13.0. The molecule has 1 aromatic carbocycles. The number of hydrogen-bond donors (Lipinski definition) is 2. The van der Waals surface area contributed by atoms with Gasteiger partial charge in [-0.05, 0) is 24.5 Å². The van der Waals surface area contributed by atoms with Crippen LogP contribution < -0.4 is 15.6 Å². The van der Waals surface area contributed by atoms with E-state index in [0.29, 0.717) is 23.5 Å². The summed E-state index contributed by atoms with van der Waals surface area (Å²) in [5, 5.41) is 9.08. The minimum atomic E-state index is -0.325. The fraction of sp³-hybridized carbons (Fsp3) is 0.444. The van der Waals surface area contributed by atoms with Crippen LogP contribution in [-0.2, 0) is 22.7 Å². The zero-order chi connectivity index (χ0) is 19.6. The average Bonchev–Trinajstić information content (AvgIpc) is 3.04. The first-order valence-corrected chi connectivity index (χ1v) is 9.72.